The van der Waals surface area contributed by atoms with E-state index in [0.717, 1.165) is 53.9 Å². The van der Waals surface area contributed by atoms with Crippen LogP contribution in [-0.4, -0.2) is 62.8 Å². The molecule has 2 fully saturated rings. The highest BCUT2D eigenvalue weighted by Gasteiger charge is 2.51. The van der Waals surface area contributed by atoms with E-state index in [4.69, 9.17) is 9.47 Å². The van der Waals surface area contributed by atoms with E-state index in [1.54, 1.807) is 14.2 Å². The maximum absolute atomic E-state index is 13.0. The zero-order valence-corrected chi connectivity index (χ0v) is 20.8. The third-order valence-corrected chi connectivity index (χ3v) is 7.90. The van der Waals surface area contributed by atoms with Crippen molar-refractivity contribution >= 4 is 27.6 Å². The van der Waals surface area contributed by atoms with E-state index in [-0.39, 0.29) is 17.5 Å². The topological polar surface area (TPSA) is 54.0 Å². The second-order valence-electron chi connectivity index (χ2n) is 8.95. The molecule has 0 spiro atoms. The van der Waals surface area contributed by atoms with Crippen molar-refractivity contribution in [2.75, 3.05) is 40.2 Å². The summed E-state index contributed by atoms with van der Waals surface area (Å²) in [7, 11) is 7.48. The molecule has 1 saturated heterocycles. The van der Waals surface area contributed by atoms with Crippen LogP contribution in [0.15, 0.2) is 46.9 Å². The first-order chi connectivity index (χ1) is 15.4. The molecular formula is C25H32BrN3O3. The van der Waals surface area contributed by atoms with Crippen LogP contribution in [0.1, 0.15) is 31.2 Å². The van der Waals surface area contributed by atoms with Gasteiger partial charge in [0.15, 0.2) is 11.5 Å². The number of urea groups is 1. The van der Waals surface area contributed by atoms with E-state index in [0.29, 0.717) is 6.04 Å². The Bertz CT molecular complexity index is 985. The Kier molecular flexibility index (Phi) is 6.67. The van der Waals surface area contributed by atoms with Crippen LogP contribution < -0.4 is 14.8 Å². The Morgan fingerprint density at radius 2 is 1.94 bits per heavy atom. The fraction of sp³-hybridized carbons (Fsp3) is 0.480. The van der Waals surface area contributed by atoms with E-state index < -0.39 is 0 Å². The first-order valence-electron chi connectivity index (χ1n) is 11.1. The summed E-state index contributed by atoms with van der Waals surface area (Å²) in [6, 6.07) is 14.6. The van der Waals surface area contributed by atoms with Crippen LogP contribution in [0, 0.1) is 0 Å². The summed E-state index contributed by atoms with van der Waals surface area (Å²) in [6.07, 6.45) is 4.08. The molecule has 3 atom stereocenters. The van der Waals surface area contributed by atoms with Crippen LogP contribution in [0.4, 0.5) is 10.5 Å². The molecule has 0 bridgehead atoms. The zero-order chi connectivity index (χ0) is 22.9. The Hall–Kier alpha value is -2.25. The van der Waals surface area contributed by atoms with Gasteiger partial charge in [-0.1, -0.05) is 28.1 Å². The molecule has 2 amide bonds. The number of methoxy groups -OCH3 is 2. The van der Waals surface area contributed by atoms with Crippen LogP contribution >= 0.6 is 15.9 Å². The maximum atomic E-state index is 13.0. The van der Waals surface area contributed by atoms with Gasteiger partial charge in [-0.05, 0) is 75.2 Å². The first kappa shape index (κ1) is 22.9. The molecule has 2 aromatic carbocycles. The molecule has 1 aliphatic carbocycles. The highest BCUT2D eigenvalue weighted by molar-refractivity contribution is 9.10. The summed E-state index contributed by atoms with van der Waals surface area (Å²) in [4.78, 5) is 17.3. The van der Waals surface area contributed by atoms with Gasteiger partial charge in [0.1, 0.15) is 0 Å². The molecule has 6 nitrogen and oxygen atoms in total. The van der Waals surface area contributed by atoms with Crippen molar-refractivity contribution in [2.45, 2.75) is 43.2 Å². The molecule has 32 heavy (non-hydrogen) atoms. The number of likely N-dealkylation sites (tertiary alicyclic amines) is 1. The minimum Gasteiger partial charge on any atom is -0.493 e. The Morgan fingerprint density at radius 3 is 2.66 bits per heavy atom. The van der Waals surface area contributed by atoms with Crippen LogP contribution in [-0.2, 0) is 5.41 Å². The third-order valence-electron chi connectivity index (χ3n) is 7.40. The molecule has 0 radical (unpaired) electrons. The van der Waals surface area contributed by atoms with Crippen LogP contribution in [0.2, 0.25) is 0 Å². The number of rotatable bonds is 5. The lowest BCUT2D eigenvalue weighted by atomic mass is 9.65. The standard InChI is InChI=1S/C25H32BrN3O3/c1-28-13-12-25(17-8-9-21(31-3)22(14-17)32-4)11-10-20(16-23(25)28)29(2)24(30)27-19-7-5-6-18(26)15-19/h5-9,14-15,20,23H,10-13,16H2,1-4H3,(H,27,30)/t20-,23+,25-/m0/s1. The number of likely N-dealkylation sites (N-methyl/N-ethyl adjacent to an activating group) is 1. The largest absolute Gasteiger partial charge is 0.493 e. The van der Waals surface area contributed by atoms with Gasteiger partial charge < -0.3 is 24.6 Å². The first-order valence-corrected chi connectivity index (χ1v) is 11.9. The number of nitrogens with zero attached hydrogens (tertiary/aromatic N) is 2. The molecule has 2 aromatic rings. The average Bonchev–Trinajstić information content (AvgIpc) is 3.15. The monoisotopic (exact) mass is 501 g/mol. The molecule has 172 valence electrons. The highest BCUT2D eigenvalue weighted by Crippen LogP contribution is 2.50. The third kappa shape index (κ3) is 4.20. The van der Waals surface area contributed by atoms with E-state index in [9.17, 15) is 4.79 Å². The van der Waals surface area contributed by atoms with Crippen LogP contribution in [0.3, 0.4) is 0 Å². The number of benzene rings is 2. The van der Waals surface area contributed by atoms with Crippen molar-refractivity contribution in [2.24, 2.45) is 0 Å². The number of carbonyl (C=O) groups is 1. The summed E-state index contributed by atoms with van der Waals surface area (Å²) in [6.45, 7) is 1.06. The second kappa shape index (κ2) is 9.32. The van der Waals surface area contributed by atoms with Crippen molar-refractivity contribution in [1.29, 1.82) is 0 Å². The molecule has 1 aliphatic heterocycles. The van der Waals surface area contributed by atoms with Crippen molar-refractivity contribution in [3.63, 3.8) is 0 Å². The van der Waals surface area contributed by atoms with E-state index in [1.165, 1.54) is 5.56 Å². The number of hydrogen-bond acceptors (Lipinski definition) is 4. The Morgan fingerprint density at radius 1 is 1.16 bits per heavy atom. The normalized spacial score (nSPS) is 25.2. The van der Waals surface area contributed by atoms with Gasteiger partial charge in [-0.3, -0.25) is 0 Å². The molecule has 4 rings (SSSR count). The number of hydrogen-bond donors (Lipinski definition) is 1. The smallest absolute Gasteiger partial charge is 0.321 e. The lowest BCUT2D eigenvalue weighted by molar-refractivity contribution is 0.112. The maximum Gasteiger partial charge on any atom is 0.321 e. The van der Waals surface area contributed by atoms with E-state index in [1.807, 2.05) is 42.3 Å². The minimum atomic E-state index is -0.0626. The number of amides is 2. The average molecular weight is 502 g/mol. The van der Waals surface area contributed by atoms with Gasteiger partial charge in [0.25, 0.3) is 0 Å². The van der Waals surface area contributed by atoms with Gasteiger partial charge in [-0.2, -0.15) is 0 Å². The van der Waals surface area contributed by atoms with Crippen LogP contribution in [0.25, 0.3) is 0 Å². The molecule has 1 saturated carbocycles. The number of anilines is 1. The summed E-state index contributed by atoms with van der Waals surface area (Å²) in [5.74, 6) is 1.54. The number of nitrogens with one attached hydrogen (secondary N) is 1. The predicted molar refractivity (Wildman–Crippen MR) is 131 cm³/mol. The van der Waals surface area contributed by atoms with Gasteiger partial charge >= 0.3 is 6.03 Å². The lowest BCUT2D eigenvalue weighted by Gasteiger charge is -2.46. The summed E-state index contributed by atoms with van der Waals surface area (Å²) < 4.78 is 12.0. The molecule has 1 N–H and O–H groups in total. The van der Waals surface area contributed by atoms with Gasteiger partial charge in [0.05, 0.1) is 14.2 Å². The lowest BCUT2D eigenvalue weighted by Crippen LogP contribution is -2.52. The van der Waals surface area contributed by atoms with Gasteiger partial charge in [0, 0.05) is 34.7 Å². The molecular weight excluding hydrogens is 470 g/mol. The summed E-state index contributed by atoms with van der Waals surface area (Å²) in [5.41, 5.74) is 2.18. The number of halogens is 1. The SMILES string of the molecule is COc1ccc([C@@]23CC[C@H](N(C)C(=O)Nc4cccc(Br)c4)C[C@H]2N(C)CC3)cc1OC. The molecule has 7 heteroatoms. The van der Waals surface area contributed by atoms with Crippen molar-refractivity contribution in [3.05, 3.63) is 52.5 Å². The number of ether oxygens (including phenoxy) is 2. The Labute approximate surface area is 199 Å². The van der Waals surface area contributed by atoms with Crippen molar-refractivity contribution in [3.8, 4) is 11.5 Å². The van der Waals surface area contributed by atoms with E-state index >= 15 is 0 Å². The zero-order valence-electron chi connectivity index (χ0n) is 19.2. The quantitative estimate of drug-likeness (QED) is 0.617. The van der Waals surface area contributed by atoms with Crippen LogP contribution in [0.5, 0.6) is 11.5 Å². The highest BCUT2D eigenvalue weighted by atomic mass is 79.9. The second-order valence-corrected chi connectivity index (χ2v) is 9.87. The fourth-order valence-corrected chi connectivity index (χ4v) is 5.94. The van der Waals surface area contributed by atoms with Gasteiger partial charge in [-0.25, -0.2) is 4.79 Å². The van der Waals surface area contributed by atoms with Gasteiger partial charge in [-0.15, -0.1) is 0 Å². The molecule has 1 heterocycles. The van der Waals surface area contributed by atoms with E-state index in [2.05, 4.69) is 45.3 Å². The predicted octanol–water partition coefficient (Wildman–Crippen LogP) is 5.12. The van der Waals surface area contributed by atoms with Crippen molar-refractivity contribution in [1.82, 2.24) is 9.80 Å². The van der Waals surface area contributed by atoms with Gasteiger partial charge in [0.2, 0.25) is 0 Å². The van der Waals surface area contributed by atoms with Crippen molar-refractivity contribution < 1.29 is 14.3 Å². The number of fused-ring (bicyclic) bond motifs is 1. The fourth-order valence-electron chi connectivity index (χ4n) is 5.54. The molecule has 2 aliphatic rings. The summed E-state index contributed by atoms with van der Waals surface area (Å²) >= 11 is 3.46. The minimum absolute atomic E-state index is 0.0626. The molecule has 0 aromatic heterocycles. The summed E-state index contributed by atoms with van der Waals surface area (Å²) in [5, 5.41) is 3.03. The molecule has 0 unspecified atom stereocenters. The number of carbonyl (C=O) groups excluding carboxylic acids is 1. The Balaban J connectivity index is 1.52.